The Hall–Kier alpha value is -1.95. The van der Waals surface area contributed by atoms with Crippen molar-refractivity contribution in [1.82, 2.24) is 0 Å². The van der Waals surface area contributed by atoms with Gasteiger partial charge in [0.05, 0.1) is 11.6 Å². The molecule has 0 atom stereocenters. The molecule has 0 bridgehead atoms. The van der Waals surface area contributed by atoms with E-state index in [4.69, 9.17) is 5.26 Å². The van der Waals surface area contributed by atoms with Gasteiger partial charge in [-0.3, -0.25) is 4.79 Å². The molecule has 1 aromatic rings. The molecule has 0 fully saturated rings. The van der Waals surface area contributed by atoms with Crippen LogP contribution >= 0.6 is 0 Å². The number of carbonyl (C=O) groups is 1. The van der Waals surface area contributed by atoms with Crippen molar-refractivity contribution >= 4 is 12.1 Å². The van der Waals surface area contributed by atoms with E-state index in [0.29, 0.717) is 17.5 Å². The number of fused-ring (bicyclic) bond motifs is 1. The van der Waals surface area contributed by atoms with Crippen LogP contribution in [0.3, 0.4) is 0 Å². The second kappa shape index (κ2) is 2.83. The van der Waals surface area contributed by atoms with Gasteiger partial charge < -0.3 is 0 Å². The van der Waals surface area contributed by atoms with Crippen molar-refractivity contribution in [3.63, 3.8) is 0 Å². The van der Waals surface area contributed by atoms with Crippen molar-refractivity contribution in [2.75, 3.05) is 0 Å². The van der Waals surface area contributed by atoms with Crippen LogP contribution in [0.15, 0.2) is 23.2 Å². The van der Waals surface area contributed by atoms with Gasteiger partial charge in [-0.15, -0.1) is 0 Å². The average Bonchev–Trinajstić information content (AvgIpc) is 2.18. The first kappa shape index (κ1) is 7.69. The molecule has 0 saturated carbocycles. The molecule has 62 valence electrons. The summed E-state index contributed by atoms with van der Waals surface area (Å²) in [5.41, 5.74) is 1.92. The average molecular weight is 170 g/mol. The Kier molecular flexibility index (Phi) is 1.67. The molecule has 0 saturated heterocycles. The lowest BCUT2D eigenvalue weighted by atomic mass is 9.97. The minimum atomic E-state index is -0.252. The van der Waals surface area contributed by atoms with Gasteiger partial charge in [0.1, 0.15) is 0 Å². The highest BCUT2D eigenvalue weighted by Crippen LogP contribution is 2.18. The van der Waals surface area contributed by atoms with Crippen LogP contribution in [0, 0.1) is 11.3 Å². The second-order valence-electron chi connectivity index (χ2n) is 2.76. The molecule has 0 unspecified atom stereocenters. The first-order valence-corrected chi connectivity index (χ1v) is 3.92. The fraction of sp³-hybridized carbons (Fsp3) is 0.100. The minimum absolute atomic E-state index is 0.252. The van der Waals surface area contributed by atoms with Crippen LogP contribution in [-0.2, 0) is 6.42 Å². The summed E-state index contributed by atoms with van der Waals surface area (Å²) in [5, 5.41) is 8.77. The Morgan fingerprint density at radius 2 is 2.31 bits per heavy atom. The van der Waals surface area contributed by atoms with Gasteiger partial charge >= 0.3 is 0 Å². The predicted molar refractivity (Wildman–Crippen MR) is 47.7 cm³/mol. The van der Waals surface area contributed by atoms with E-state index in [-0.39, 0.29) is 5.91 Å². The summed E-state index contributed by atoms with van der Waals surface area (Å²) in [5.74, 6) is -0.252. The highest BCUT2D eigenvalue weighted by atomic mass is 16.1. The van der Waals surface area contributed by atoms with Crippen molar-refractivity contribution in [2.24, 2.45) is 4.99 Å². The number of hydrogen-bond acceptors (Lipinski definition) is 2. The molecule has 1 amide bonds. The Morgan fingerprint density at radius 1 is 1.46 bits per heavy atom. The summed E-state index contributed by atoms with van der Waals surface area (Å²) in [6.07, 6.45) is 2.12. The molecule has 3 heteroatoms. The molecule has 0 aliphatic carbocycles. The SMILES string of the molecule is N#Cc1cccc2c1CC=NC2=O. The zero-order valence-electron chi connectivity index (χ0n) is 6.82. The number of carbonyl (C=O) groups excluding carboxylic acids is 1. The molecular weight excluding hydrogens is 164 g/mol. The summed E-state index contributed by atoms with van der Waals surface area (Å²) in [4.78, 5) is 14.9. The standard InChI is InChI=1S/C10H6N2O/c11-6-7-2-1-3-9-8(7)4-5-12-10(9)13/h1-3,5H,4H2. The van der Waals surface area contributed by atoms with Crippen LogP contribution in [-0.4, -0.2) is 12.1 Å². The minimum Gasteiger partial charge on any atom is -0.267 e. The number of nitrogens with zero attached hydrogens (tertiary/aromatic N) is 2. The van der Waals surface area contributed by atoms with Crippen LogP contribution in [0.4, 0.5) is 0 Å². The molecule has 3 nitrogen and oxygen atoms in total. The lowest BCUT2D eigenvalue weighted by molar-refractivity contribution is 0.100. The smallest absolute Gasteiger partial charge is 0.267 e. The molecule has 0 radical (unpaired) electrons. The first-order chi connectivity index (χ1) is 6.33. The maximum absolute atomic E-state index is 11.2. The first-order valence-electron chi connectivity index (χ1n) is 3.92. The van der Waals surface area contributed by atoms with Gasteiger partial charge in [-0.1, -0.05) is 6.07 Å². The van der Waals surface area contributed by atoms with Gasteiger partial charge in [0.15, 0.2) is 0 Å². The number of benzene rings is 1. The molecule has 0 N–H and O–H groups in total. The quantitative estimate of drug-likeness (QED) is 0.589. The molecule has 1 aromatic carbocycles. The van der Waals surface area contributed by atoms with Crippen molar-refractivity contribution in [1.29, 1.82) is 5.26 Å². The summed E-state index contributed by atoms with van der Waals surface area (Å²) in [6.45, 7) is 0. The summed E-state index contributed by atoms with van der Waals surface area (Å²) >= 11 is 0. The van der Waals surface area contributed by atoms with Crippen molar-refractivity contribution in [3.05, 3.63) is 34.9 Å². The number of nitriles is 1. The fourth-order valence-electron chi connectivity index (χ4n) is 1.40. The number of rotatable bonds is 0. The largest absolute Gasteiger partial charge is 0.276 e. The lowest BCUT2D eigenvalue weighted by Crippen LogP contribution is -2.09. The third-order valence-corrected chi connectivity index (χ3v) is 2.03. The summed E-state index contributed by atoms with van der Waals surface area (Å²) in [7, 11) is 0. The topological polar surface area (TPSA) is 53.2 Å². The van der Waals surface area contributed by atoms with Gasteiger partial charge in [-0.25, -0.2) is 4.99 Å². The van der Waals surface area contributed by atoms with Crippen LogP contribution in [0.25, 0.3) is 0 Å². The van der Waals surface area contributed by atoms with Crippen molar-refractivity contribution < 1.29 is 4.79 Å². The lowest BCUT2D eigenvalue weighted by Gasteiger charge is -2.09. The number of amides is 1. The number of aliphatic imine (C=N–C) groups is 1. The Morgan fingerprint density at radius 3 is 3.08 bits per heavy atom. The van der Waals surface area contributed by atoms with E-state index in [9.17, 15) is 4.79 Å². The van der Waals surface area contributed by atoms with Gasteiger partial charge in [0, 0.05) is 18.2 Å². The second-order valence-corrected chi connectivity index (χ2v) is 2.76. The highest BCUT2D eigenvalue weighted by Gasteiger charge is 2.16. The van der Waals surface area contributed by atoms with Crippen LogP contribution in [0.5, 0.6) is 0 Å². The predicted octanol–water partition coefficient (Wildman–Crippen LogP) is 1.33. The van der Waals surface area contributed by atoms with Crippen LogP contribution in [0.1, 0.15) is 21.5 Å². The van der Waals surface area contributed by atoms with Crippen LogP contribution < -0.4 is 0 Å². The maximum atomic E-state index is 11.2. The molecular formula is C10H6N2O. The molecule has 13 heavy (non-hydrogen) atoms. The van der Waals surface area contributed by atoms with E-state index >= 15 is 0 Å². The van der Waals surface area contributed by atoms with E-state index in [0.717, 1.165) is 5.56 Å². The molecule has 1 aliphatic rings. The molecule has 0 spiro atoms. The normalized spacial score (nSPS) is 13.6. The Labute approximate surface area is 75.3 Å². The zero-order chi connectivity index (χ0) is 9.26. The molecule has 1 aliphatic heterocycles. The van der Waals surface area contributed by atoms with Crippen molar-refractivity contribution in [2.45, 2.75) is 6.42 Å². The van der Waals surface area contributed by atoms with E-state index in [1.54, 1.807) is 24.4 Å². The molecule has 1 heterocycles. The van der Waals surface area contributed by atoms with E-state index in [1.165, 1.54) is 0 Å². The third-order valence-electron chi connectivity index (χ3n) is 2.03. The van der Waals surface area contributed by atoms with E-state index in [1.807, 2.05) is 0 Å². The van der Waals surface area contributed by atoms with E-state index in [2.05, 4.69) is 11.1 Å². The Bertz CT molecular complexity index is 441. The number of hydrogen-bond donors (Lipinski definition) is 0. The summed E-state index contributed by atoms with van der Waals surface area (Å²) in [6, 6.07) is 7.18. The third kappa shape index (κ3) is 1.13. The van der Waals surface area contributed by atoms with Crippen molar-refractivity contribution in [3.8, 4) is 6.07 Å². The fourth-order valence-corrected chi connectivity index (χ4v) is 1.40. The molecule has 2 rings (SSSR count). The molecule has 0 aromatic heterocycles. The monoisotopic (exact) mass is 170 g/mol. The zero-order valence-corrected chi connectivity index (χ0v) is 6.82. The van der Waals surface area contributed by atoms with Gasteiger partial charge in [0.2, 0.25) is 0 Å². The van der Waals surface area contributed by atoms with Gasteiger partial charge in [0.25, 0.3) is 5.91 Å². The van der Waals surface area contributed by atoms with E-state index < -0.39 is 0 Å². The van der Waals surface area contributed by atoms with Gasteiger partial charge in [-0.05, 0) is 17.7 Å². The highest BCUT2D eigenvalue weighted by molar-refractivity contribution is 6.03. The van der Waals surface area contributed by atoms with Gasteiger partial charge in [-0.2, -0.15) is 5.26 Å². The Balaban J connectivity index is 2.67. The van der Waals surface area contributed by atoms with Crippen LogP contribution in [0.2, 0.25) is 0 Å². The maximum Gasteiger partial charge on any atom is 0.276 e. The summed E-state index contributed by atoms with van der Waals surface area (Å²) < 4.78 is 0.